The van der Waals surface area contributed by atoms with Crippen LogP contribution in [0.3, 0.4) is 0 Å². The van der Waals surface area contributed by atoms with E-state index in [0.29, 0.717) is 5.92 Å². The van der Waals surface area contributed by atoms with Crippen LogP contribution in [0.2, 0.25) is 0 Å². The predicted octanol–water partition coefficient (Wildman–Crippen LogP) is 3.21. The van der Waals surface area contributed by atoms with Crippen LogP contribution >= 0.6 is 0 Å². The summed E-state index contributed by atoms with van der Waals surface area (Å²) in [6.07, 6.45) is 0. The van der Waals surface area contributed by atoms with Gasteiger partial charge in [0.15, 0.2) is 0 Å². The van der Waals surface area contributed by atoms with Gasteiger partial charge < -0.3 is 4.90 Å². The molecule has 0 fully saturated rings. The Labute approximate surface area is 124 Å². The normalized spacial score (nSPS) is 18.6. The molecule has 3 nitrogen and oxygen atoms in total. The Hall–Kier alpha value is -2.26. The van der Waals surface area contributed by atoms with E-state index >= 15 is 0 Å². The zero-order chi connectivity index (χ0) is 14.2. The summed E-state index contributed by atoms with van der Waals surface area (Å²) in [5.41, 5.74) is 4.80. The molecule has 3 aromatic rings. The molecule has 0 N–H and O–H groups in total. The molecular formula is C18H17N3. The van der Waals surface area contributed by atoms with Crippen molar-refractivity contribution < 1.29 is 0 Å². The quantitative estimate of drug-likeness (QED) is 0.683. The molecule has 0 saturated heterocycles. The van der Waals surface area contributed by atoms with Crippen molar-refractivity contribution in [3.05, 3.63) is 71.4 Å². The third-order valence-electron chi connectivity index (χ3n) is 4.24. The number of hydrogen-bond donors (Lipinski definition) is 0. The Kier molecular flexibility index (Phi) is 2.93. The zero-order valence-electron chi connectivity index (χ0n) is 12.0. The van der Waals surface area contributed by atoms with Gasteiger partial charge in [-0.25, -0.2) is 0 Å². The van der Waals surface area contributed by atoms with Crippen LogP contribution in [-0.4, -0.2) is 28.7 Å². The largest absolute Gasteiger partial charge is 0.301 e. The number of aromatic nitrogens is 2. The lowest BCUT2D eigenvalue weighted by Gasteiger charge is -2.31. The van der Waals surface area contributed by atoms with Gasteiger partial charge in [-0.05, 0) is 30.3 Å². The lowest BCUT2D eigenvalue weighted by molar-refractivity contribution is 0.293. The van der Waals surface area contributed by atoms with Gasteiger partial charge in [-0.2, -0.15) is 10.2 Å². The lowest BCUT2D eigenvalue weighted by Crippen LogP contribution is -2.31. The molecule has 1 atom stereocenters. The Morgan fingerprint density at radius 1 is 1.00 bits per heavy atom. The standard InChI is InChI=1S/C18H17N3/c1-21-11-14-7-2-4-8-15(14)16(12-21)18-10-13-6-3-5-9-17(13)19-20-18/h2-10,16H,11-12H2,1H3. The second-order valence-electron chi connectivity index (χ2n) is 5.78. The average Bonchev–Trinajstić information content (AvgIpc) is 2.53. The molecule has 1 aliphatic heterocycles. The van der Waals surface area contributed by atoms with Crippen molar-refractivity contribution in [2.75, 3.05) is 13.6 Å². The first kappa shape index (κ1) is 12.5. The third kappa shape index (κ3) is 2.20. The van der Waals surface area contributed by atoms with Gasteiger partial charge in [0.25, 0.3) is 0 Å². The molecule has 0 saturated carbocycles. The molecular weight excluding hydrogens is 258 g/mol. The topological polar surface area (TPSA) is 29.0 Å². The van der Waals surface area contributed by atoms with Crippen molar-refractivity contribution in [3.63, 3.8) is 0 Å². The van der Waals surface area contributed by atoms with Crippen molar-refractivity contribution in [3.8, 4) is 0 Å². The fourth-order valence-corrected chi connectivity index (χ4v) is 3.21. The maximum atomic E-state index is 4.49. The molecule has 4 rings (SSSR count). The van der Waals surface area contributed by atoms with Gasteiger partial charge in [0.2, 0.25) is 0 Å². The summed E-state index contributed by atoms with van der Waals surface area (Å²) < 4.78 is 0. The Bertz CT molecular complexity index is 797. The molecule has 2 heterocycles. The van der Waals surface area contributed by atoms with Gasteiger partial charge in [-0.3, -0.25) is 0 Å². The fourth-order valence-electron chi connectivity index (χ4n) is 3.21. The molecule has 1 unspecified atom stereocenters. The summed E-state index contributed by atoms with van der Waals surface area (Å²) >= 11 is 0. The molecule has 0 radical (unpaired) electrons. The van der Waals surface area contributed by atoms with Crippen LogP contribution in [0.25, 0.3) is 10.9 Å². The molecule has 21 heavy (non-hydrogen) atoms. The van der Waals surface area contributed by atoms with Crippen molar-refractivity contribution in [2.45, 2.75) is 12.5 Å². The number of rotatable bonds is 1. The van der Waals surface area contributed by atoms with E-state index in [4.69, 9.17) is 0 Å². The molecule has 0 bridgehead atoms. The summed E-state index contributed by atoms with van der Waals surface area (Å²) in [5, 5.41) is 10.0. The smallest absolute Gasteiger partial charge is 0.0929 e. The maximum Gasteiger partial charge on any atom is 0.0929 e. The first-order valence-electron chi connectivity index (χ1n) is 7.30. The van der Waals surface area contributed by atoms with Crippen LogP contribution in [0.15, 0.2) is 54.6 Å². The van der Waals surface area contributed by atoms with E-state index in [-0.39, 0.29) is 0 Å². The lowest BCUT2D eigenvalue weighted by atomic mass is 9.87. The average molecular weight is 275 g/mol. The first-order chi connectivity index (χ1) is 10.3. The highest BCUT2D eigenvalue weighted by Crippen LogP contribution is 2.32. The molecule has 0 aliphatic carbocycles. The van der Waals surface area contributed by atoms with E-state index in [2.05, 4.69) is 64.6 Å². The number of benzene rings is 2. The Balaban J connectivity index is 1.84. The van der Waals surface area contributed by atoms with Gasteiger partial charge in [0, 0.05) is 24.4 Å². The summed E-state index contributed by atoms with van der Waals surface area (Å²) in [7, 11) is 2.16. The molecule has 2 aromatic carbocycles. The predicted molar refractivity (Wildman–Crippen MR) is 84.2 cm³/mol. The summed E-state index contributed by atoms with van der Waals surface area (Å²) in [6.45, 7) is 2.00. The fraction of sp³-hybridized carbons (Fsp3) is 0.222. The summed E-state index contributed by atoms with van der Waals surface area (Å²) in [4.78, 5) is 2.35. The van der Waals surface area contributed by atoms with Crippen molar-refractivity contribution >= 4 is 10.9 Å². The van der Waals surface area contributed by atoms with E-state index in [9.17, 15) is 0 Å². The second kappa shape index (κ2) is 4.93. The van der Waals surface area contributed by atoms with E-state index in [0.717, 1.165) is 29.7 Å². The van der Waals surface area contributed by atoms with Gasteiger partial charge >= 0.3 is 0 Å². The third-order valence-corrected chi connectivity index (χ3v) is 4.24. The molecule has 1 aromatic heterocycles. The van der Waals surface area contributed by atoms with Crippen LogP contribution in [0, 0.1) is 0 Å². The number of likely N-dealkylation sites (N-methyl/N-ethyl adjacent to an activating group) is 1. The van der Waals surface area contributed by atoms with Crippen LogP contribution in [-0.2, 0) is 6.54 Å². The van der Waals surface area contributed by atoms with E-state index in [1.807, 2.05) is 12.1 Å². The number of fused-ring (bicyclic) bond motifs is 2. The highest BCUT2D eigenvalue weighted by molar-refractivity contribution is 5.78. The van der Waals surface area contributed by atoms with Gasteiger partial charge in [-0.15, -0.1) is 0 Å². The van der Waals surface area contributed by atoms with Crippen LogP contribution in [0.4, 0.5) is 0 Å². The minimum Gasteiger partial charge on any atom is -0.301 e. The van der Waals surface area contributed by atoms with E-state index in [1.165, 1.54) is 11.1 Å². The SMILES string of the molecule is CN1Cc2ccccc2C(c2cc3ccccc3nn2)C1. The number of hydrogen-bond acceptors (Lipinski definition) is 3. The van der Waals surface area contributed by atoms with E-state index < -0.39 is 0 Å². The summed E-state index contributed by atoms with van der Waals surface area (Å²) in [5.74, 6) is 0.303. The van der Waals surface area contributed by atoms with Crippen molar-refractivity contribution in [1.29, 1.82) is 0 Å². The van der Waals surface area contributed by atoms with Gasteiger partial charge in [0.05, 0.1) is 11.2 Å². The molecule has 3 heteroatoms. The molecule has 0 amide bonds. The zero-order valence-corrected chi connectivity index (χ0v) is 12.0. The van der Waals surface area contributed by atoms with E-state index in [1.54, 1.807) is 0 Å². The summed E-state index contributed by atoms with van der Waals surface area (Å²) in [6, 6.07) is 19.0. The van der Waals surface area contributed by atoms with Crippen LogP contribution < -0.4 is 0 Å². The highest BCUT2D eigenvalue weighted by Gasteiger charge is 2.25. The van der Waals surface area contributed by atoms with Gasteiger partial charge in [-0.1, -0.05) is 42.5 Å². The maximum absolute atomic E-state index is 4.49. The van der Waals surface area contributed by atoms with Crippen molar-refractivity contribution in [1.82, 2.24) is 15.1 Å². The van der Waals surface area contributed by atoms with Gasteiger partial charge in [0.1, 0.15) is 0 Å². The van der Waals surface area contributed by atoms with Crippen molar-refractivity contribution in [2.24, 2.45) is 0 Å². The molecule has 1 aliphatic rings. The minimum atomic E-state index is 0.303. The molecule has 104 valence electrons. The first-order valence-corrected chi connectivity index (χ1v) is 7.30. The Morgan fingerprint density at radius 2 is 1.81 bits per heavy atom. The minimum absolute atomic E-state index is 0.303. The molecule has 0 spiro atoms. The highest BCUT2D eigenvalue weighted by atomic mass is 15.1. The van der Waals surface area contributed by atoms with Crippen LogP contribution in [0.1, 0.15) is 22.7 Å². The Morgan fingerprint density at radius 3 is 2.76 bits per heavy atom. The monoisotopic (exact) mass is 275 g/mol. The van der Waals surface area contributed by atoms with Crippen LogP contribution in [0.5, 0.6) is 0 Å². The second-order valence-corrected chi connectivity index (χ2v) is 5.78. The number of nitrogens with zero attached hydrogens (tertiary/aromatic N) is 3.